The van der Waals surface area contributed by atoms with Gasteiger partial charge in [0.15, 0.2) is 5.78 Å². The molecular weight excluding hydrogens is 377 g/mol. The smallest absolute Gasteiger partial charge is 0.242 e. The van der Waals surface area contributed by atoms with E-state index in [1.807, 2.05) is 0 Å². The van der Waals surface area contributed by atoms with Crippen LogP contribution in [0.15, 0.2) is 28.5 Å². The van der Waals surface area contributed by atoms with Crippen molar-refractivity contribution in [3.8, 4) is 0 Å². The lowest BCUT2D eigenvalue weighted by molar-refractivity contribution is 0.0996. The molecule has 1 fully saturated rings. The van der Waals surface area contributed by atoms with E-state index in [0.29, 0.717) is 41.2 Å². The Morgan fingerprint density at radius 3 is 2.81 bits per heavy atom. The van der Waals surface area contributed by atoms with Gasteiger partial charge in [-0.15, -0.1) is 11.3 Å². The van der Waals surface area contributed by atoms with Crippen LogP contribution in [0.1, 0.15) is 32.8 Å². The van der Waals surface area contributed by atoms with Gasteiger partial charge in [-0.1, -0.05) is 12.1 Å². The van der Waals surface area contributed by atoms with Crippen LogP contribution in [0.3, 0.4) is 0 Å². The second-order valence-corrected chi connectivity index (χ2v) is 8.98. The molecule has 0 bridgehead atoms. The molecule has 2 aromatic rings. The van der Waals surface area contributed by atoms with Crippen molar-refractivity contribution in [3.63, 3.8) is 0 Å². The molecule has 1 N–H and O–H groups in total. The first-order chi connectivity index (χ1) is 12.3. The van der Waals surface area contributed by atoms with Crippen molar-refractivity contribution in [2.24, 2.45) is 0 Å². The normalized spacial score (nSPS) is 17.6. The van der Waals surface area contributed by atoms with Crippen molar-refractivity contribution < 1.29 is 22.3 Å². The molecule has 0 aliphatic carbocycles. The Morgan fingerprint density at radius 2 is 2.15 bits per heavy atom. The number of ketones is 1. The molecule has 1 aliphatic rings. The number of aryl methyl sites for hydroxylation is 1. The second kappa shape index (κ2) is 7.56. The van der Waals surface area contributed by atoms with Gasteiger partial charge in [-0.2, -0.15) is 0 Å². The Bertz CT molecular complexity index is 931. The largest absolute Gasteiger partial charge is 0.380 e. The molecule has 1 aromatic carbocycles. The number of hydrogen-bond acceptors (Lipinski definition) is 5. The van der Waals surface area contributed by atoms with Crippen LogP contribution in [0.5, 0.6) is 0 Å². The number of hydrogen-bond donors (Lipinski definition) is 1. The van der Waals surface area contributed by atoms with Gasteiger partial charge in [0, 0.05) is 24.4 Å². The van der Waals surface area contributed by atoms with Crippen molar-refractivity contribution in [2.75, 3.05) is 13.2 Å². The molecule has 0 radical (unpaired) electrons. The van der Waals surface area contributed by atoms with Gasteiger partial charge in [0.2, 0.25) is 10.0 Å². The quantitative estimate of drug-likeness (QED) is 0.761. The summed E-state index contributed by atoms with van der Waals surface area (Å²) in [5.74, 6) is -0.493. The summed E-state index contributed by atoms with van der Waals surface area (Å²) in [5, 5.41) is 1.50. The zero-order valence-corrected chi connectivity index (χ0v) is 16.2. The molecule has 1 aromatic heterocycles. The number of nitrogens with one attached hydrogen (secondary N) is 1. The fourth-order valence-electron chi connectivity index (χ4n) is 2.93. The molecule has 1 atom stereocenters. The summed E-state index contributed by atoms with van der Waals surface area (Å²) in [4.78, 5) is 13.1. The summed E-state index contributed by atoms with van der Waals surface area (Å²) in [6.07, 6.45) is 0.740. The SMILES string of the molecule is Cc1cc(CC(=O)c2scc(S(=O)(=O)N[C@H]3CCOC3)c2C)ccc1F. The molecule has 1 saturated heterocycles. The standard InChI is InChI=1S/C18H20FNO4S2/c1-11-7-13(3-4-15(11)19)8-16(21)18-12(2)17(10-25-18)26(22,23)20-14-5-6-24-9-14/h3-4,7,10,14,20H,5-6,8-9H2,1-2H3/t14-/m0/s1. The maximum Gasteiger partial charge on any atom is 0.242 e. The van der Waals surface area contributed by atoms with E-state index in [9.17, 15) is 17.6 Å². The number of sulfonamides is 1. The molecular formula is C18H20FNO4S2. The molecule has 0 spiro atoms. The number of carbonyl (C=O) groups is 1. The first-order valence-corrected chi connectivity index (χ1v) is 10.6. The number of ether oxygens (including phenoxy) is 1. The number of carbonyl (C=O) groups excluding carboxylic acids is 1. The van der Waals surface area contributed by atoms with E-state index in [1.165, 1.54) is 11.4 Å². The number of benzene rings is 1. The fourth-order valence-corrected chi connectivity index (χ4v) is 5.80. The van der Waals surface area contributed by atoms with E-state index in [4.69, 9.17) is 4.74 Å². The zero-order chi connectivity index (χ0) is 18.9. The Morgan fingerprint density at radius 1 is 1.38 bits per heavy atom. The number of thiophene rings is 1. The molecule has 26 heavy (non-hydrogen) atoms. The number of halogens is 1. The Hall–Kier alpha value is -1.61. The van der Waals surface area contributed by atoms with Crippen LogP contribution in [0.4, 0.5) is 4.39 Å². The molecule has 0 unspecified atom stereocenters. The van der Waals surface area contributed by atoms with E-state index in [1.54, 1.807) is 26.0 Å². The third-order valence-electron chi connectivity index (χ3n) is 4.38. The summed E-state index contributed by atoms with van der Waals surface area (Å²) in [6.45, 7) is 4.18. The molecule has 8 heteroatoms. The number of Topliss-reactive ketones (excluding diaryl/α,β-unsaturated/α-hetero) is 1. The zero-order valence-electron chi connectivity index (χ0n) is 14.5. The summed E-state index contributed by atoms with van der Waals surface area (Å²) >= 11 is 1.12. The van der Waals surface area contributed by atoms with E-state index in [2.05, 4.69) is 4.72 Å². The van der Waals surface area contributed by atoms with Gasteiger partial charge in [-0.05, 0) is 43.0 Å². The molecule has 0 saturated carbocycles. The average Bonchev–Trinajstić information content (AvgIpc) is 3.20. The predicted octanol–water partition coefficient (Wildman–Crippen LogP) is 3.00. The van der Waals surface area contributed by atoms with Crippen molar-refractivity contribution in [2.45, 2.75) is 37.6 Å². The van der Waals surface area contributed by atoms with E-state index in [0.717, 1.165) is 11.3 Å². The molecule has 3 rings (SSSR count). The van der Waals surface area contributed by atoms with E-state index in [-0.39, 0.29) is 29.0 Å². The summed E-state index contributed by atoms with van der Waals surface area (Å²) < 4.78 is 46.3. The Kier molecular flexibility index (Phi) is 5.57. The molecule has 2 heterocycles. The van der Waals surface area contributed by atoms with Gasteiger partial charge in [-0.3, -0.25) is 4.79 Å². The highest BCUT2D eigenvalue weighted by molar-refractivity contribution is 7.89. The van der Waals surface area contributed by atoms with Crippen molar-refractivity contribution in [1.82, 2.24) is 4.72 Å². The minimum atomic E-state index is -3.69. The highest BCUT2D eigenvalue weighted by Gasteiger charge is 2.27. The maximum absolute atomic E-state index is 13.4. The lowest BCUT2D eigenvalue weighted by Crippen LogP contribution is -2.35. The van der Waals surface area contributed by atoms with Gasteiger partial charge in [0.1, 0.15) is 5.82 Å². The molecule has 0 amide bonds. The minimum Gasteiger partial charge on any atom is -0.380 e. The highest BCUT2D eigenvalue weighted by Crippen LogP contribution is 2.28. The topological polar surface area (TPSA) is 72.5 Å². The van der Waals surface area contributed by atoms with E-state index < -0.39 is 10.0 Å². The Labute approximate surface area is 156 Å². The van der Waals surface area contributed by atoms with Crippen LogP contribution in [0, 0.1) is 19.7 Å². The second-order valence-electron chi connectivity index (χ2n) is 6.42. The third kappa shape index (κ3) is 4.03. The van der Waals surface area contributed by atoms with Gasteiger partial charge < -0.3 is 4.74 Å². The monoisotopic (exact) mass is 397 g/mol. The maximum atomic E-state index is 13.4. The first kappa shape index (κ1) is 19.2. The van der Waals surface area contributed by atoms with Crippen molar-refractivity contribution in [3.05, 3.63) is 51.0 Å². The van der Waals surface area contributed by atoms with Crippen LogP contribution in [-0.4, -0.2) is 33.5 Å². The van der Waals surface area contributed by atoms with Crippen LogP contribution >= 0.6 is 11.3 Å². The van der Waals surface area contributed by atoms with Crippen LogP contribution in [-0.2, 0) is 21.2 Å². The van der Waals surface area contributed by atoms with Gasteiger partial charge in [-0.25, -0.2) is 17.5 Å². The van der Waals surface area contributed by atoms with Gasteiger partial charge in [0.25, 0.3) is 0 Å². The lowest BCUT2D eigenvalue weighted by Gasteiger charge is -2.11. The summed E-state index contributed by atoms with van der Waals surface area (Å²) in [6, 6.07) is 4.31. The predicted molar refractivity (Wildman–Crippen MR) is 97.8 cm³/mol. The van der Waals surface area contributed by atoms with Crippen molar-refractivity contribution >= 4 is 27.1 Å². The first-order valence-electron chi connectivity index (χ1n) is 8.24. The van der Waals surface area contributed by atoms with E-state index >= 15 is 0 Å². The highest BCUT2D eigenvalue weighted by atomic mass is 32.2. The van der Waals surface area contributed by atoms with Crippen LogP contribution in [0.2, 0.25) is 0 Å². The average molecular weight is 397 g/mol. The van der Waals surface area contributed by atoms with Crippen LogP contribution < -0.4 is 4.72 Å². The number of rotatable bonds is 6. The summed E-state index contributed by atoms with van der Waals surface area (Å²) in [5.41, 5.74) is 1.63. The molecule has 5 nitrogen and oxygen atoms in total. The van der Waals surface area contributed by atoms with Crippen LogP contribution in [0.25, 0.3) is 0 Å². The van der Waals surface area contributed by atoms with Crippen molar-refractivity contribution in [1.29, 1.82) is 0 Å². The Balaban J connectivity index is 1.79. The lowest BCUT2D eigenvalue weighted by atomic mass is 10.0. The molecule has 1 aliphatic heterocycles. The van der Waals surface area contributed by atoms with Gasteiger partial charge >= 0.3 is 0 Å². The third-order valence-corrected chi connectivity index (χ3v) is 7.29. The summed E-state index contributed by atoms with van der Waals surface area (Å²) in [7, 11) is -3.69. The fraction of sp³-hybridized carbons (Fsp3) is 0.389. The molecule has 140 valence electrons. The van der Waals surface area contributed by atoms with Gasteiger partial charge in [0.05, 0.1) is 16.4 Å². The minimum absolute atomic E-state index is 0.103.